The molecule has 0 fully saturated rings. The van der Waals surface area contributed by atoms with Gasteiger partial charge in [-0.1, -0.05) is 60.7 Å². The molecule has 0 bridgehead atoms. The van der Waals surface area contributed by atoms with Crippen molar-refractivity contribution in [2.75, 3.05) is 0 Å². The summed E-state index contributed by atoms with van der Waals surface area (Å²) >= 11 is 0. The van der Waals surface area contributed by atoms with Crippen LogP contribution in [0.1, 0.15) is 17.0 Å². The predicted molar refractivity (Wildman–Crippen MR) is 102 cm³/mol. The number of aliphatic hydroxyl groups excluding tert-OH is 1. The maximum Gasteiger partial charge on any atom is 0.125 e. The predicted octanol–water partition coefficient (Wildman–Crippen LogP) is 5.37. The highest BCUT2D eigenvalue weighted by Gasteiger charge is 2.11. The summed E-state index contributed by atoms with van der Waals surface area (Å²) in [7, 11) is 0. The van der Waals surface area contributed by atoms with Gasteiger partial charge in [0.1, 0.15) is 5.76 Å². The normalized spacial score (nSPS) is 11.8. The summed E-state index contributed by atoms with van der Waals surface area (Å²) in [6, 6.07) is 23.9. The second-order valence-electron chi connectivity index (χ2n) is 5.99. The van der Waals surface area contributed by atoms with Crippen molar-refractivity contribution in [1.29, 1.82) is 0 Å². The number of rotatable bonds is 3. The second kappa shape index (κ2) is 6.29. The van der Waals surface area contributed by atoms with E-state index in [-0.39, 0.29) is 5.76 Å². The molecule has 0 saturated heterocycles. The van der Waals surface area contributed by atoms with Crippen LogP contribution < -0.4 is 0 Å². The van der Waals surface area contributed by atoms with E-state index in [1.165, 1.54) is 0 Å². The van der Waals surface area contributed by atoms with Gasteiger partial charge in [0.25, 0.3) is 0 Å². The van der Waals surface area contributed by atoms with Gasteiger partial charge in [0.15, 0.2) is 0 Å². The summed E-state index contributed by atoms with van der Waals surface area (Å²) in [5.41, 5.74) is 5.81. The summed E-state index contributed by atoms with van der Waals surface area (Å²) in [5.74, 6) is 0.210. The van der Waals surface area contributed by atoms with Crippen LogP contribution in [-0.2, 0) is 0 Å². The molecule has 3 heteroatoms. The van der Waals surface area contributed by atoms with E-state index in [9.17, 15) is 5.11 Å². The molecule has 0 aliphatic heterocycles. The van der Waals surface area contributed by atoms with Crippen molar-refractivity contribution < 1.29 is 5.11 Å². The third kappa shape index (κ3) is 2.81. The number of hydrogen-bond acceptors (Lipinski definition) is 2. The van der Waals surface area contributed by atoms with Gasteiger partial charge >= 0.3 is 0 Å². The lowest BCUT2D eigenvalue weighted by Gasteiger charge is -2.09. The number of benzene rings is 2. The van der Waals surface area contributed by atoms with Gasteiger partial charge in [-0.25, -0.2) is 0 Å². The van der Waals surface area contributed by atoms with Gasteiger partial charge in [0.05, 0.1) is 16.9 Å². The molecule has 0 aliphatic rings. The van der Waals surface area contributed by atoms with Crippen LogP contribution in [0.15, 0.2) is 79.0 Å². The van der Waals surface area contributed by atoms with Gasteiger partial charge in [-0.2, -0.15) is 0 Å². The minimum Gasteiger partial charge on any atom is -0.507 e. The van der Waals surface area contributed by atoms with Gasteiger partial charge in [-0.05, 0) is 24.6 Å². The average Bonchev–Trinajstić information content (AvgIpc) is 3.12. The Bertz CT molecular complexity index is 1050. The van der Waals surface area contributed by atoms with E-state index >= 15 is 0 Å². The third-order valence-corrected chi connectivity index (χ3v) is 4.30. The lowest BCUT2D eigenvalue weighted by Crippen LogP contribution is -1.98. The number of aryl methyl sites for hydroxylation is 1. The Balaban J connectivity index is 1.87. The molecule has 1 N–H and O–H groups in total. The highest BCUT2D eigenvalue weighted by Crippen LogP contribution is 2.26. The van der Waals surface area contributed by atoms with Gasteiger partial charge in [-0.15, -0.1) is 0 Å². The minimum absolute atomic E-state index is 0.210. The van der Waals surface area contributed by atoms with Gasteiger partial charge in [0, 0.05) is 23.5 Å². The molecule has 4 rings (SSSR count). The fraction of sp³-hybridized carbons (Fsp3) is 0.0455. The van der Waals surface area contributed by atoms with E-state index in [4.69, 9.17) is 0 Å². The Morgan fingerprint density at radius 2 is 1.60 bits per heavy atom. The zero-order valence-corrected chi connectivity index (χ0v) is 13.9. The van der Waals surface area contributed by atoms with Crippen LogP contribution in [0, 0.1) is 6.92 Å². The zero-order valence-electron chi connectivity index (χ0n) is 13.9. The molecule has 25 heavy (non-hydrogen) atoms. The number of nitrogens with zero attached hydrogens (tertiary/aromatic N) is 2. The molecule has 4 aromatic rings. The highest BCUT2D eigenvalue weighted by atomic mass is 16.3. The summed E-state index contributed by atoms with van der Waals surface area (Å²) in [4.78, 5) is 4.52. The van der Waals surface area contributed by atoms with Crippen molar-refractivity contribution in [2.24, 2.45) is 0 Å². The Kier molecular flexibility index (Phi) is 3.82. The molecule has 0 spiro atoms. The van der Waals surface area contributed by atoms with Crippen LogP contribution in [0.2, 0.25) is 0 Å². The van der Waals surface area contributed by atoms with E-state index < -0.39 is 0 Å². The molecule has 0 atom stereocenters. The van der Waals surface area contributed by atoms with E-state index in [0.29, 0.717) is 0 Å². The fourth-order valence-electron chi connectivity index (χ4n) is 3.07. The molecule has 0 aliphatic carbocycles. The first-order valence-electron chi connectivity index (χ1n) is 8.22. The number of fused-ring (bicyclic) bond motifs is 1. The maximum atomic E-state index is 10.4. The molecular weight excluding hydrogens is 308 g/mol. The lowest BCUT2D eigenvalue weighted by molar-refractivity contribution is 0.515. The van der Waals surface area contributed by atoms with Crippen LogP contribution in [-0.4, -0.2) is 14.5 Å². The van der Waals surface area contributed by atoms with Crippen LogP contribution in [0.3, 0.4) is 0 Å². The fourth-order valence-corrected chi connectivity index (χ4v) is 3.07. The molecule has 0 radical (unpaired) electrons. The summed E-state index contributed by atoms with van der Waals surface area (Å²) in [5, 5.41) is 10.4. The van der Waals surface area contributed by atoms with Crippen molar-refractivity contribution in [3.63, 3.8) is 0 Å². The van der Waals surface area contributed by atoms with Crippen LogP contribution >= 0.6 is 0 Å². The van der Waals surface area contributed by atoms with Gasteiger partial charge in [0.2, 0.25) is 0 Å². The van der Waals surface area contributed by atoms with E-state index in [1.807, 2.05) is 67.7 Å². The van der Waals surface area contributed by atoms with Crippen molar-refractivity contribution >= 4 is 17.4 Å². The van der Waals surface area contributed by atoms with E-state index in [2.05, 4.69) is 27.6 Å². The summed E-state index contributed by atoms with van der Waals surface area (Å²) in [6.45, 7) is 2.04. The third-order valence-electron chi connectivity index (χ3n) is 4.30. The number of aliphatic hydroxyl groups is 1. The molecular formula is C22H18N2O. The average molecular weight is 326 g/mol. The van der Waals surface area contributed by atoms with Gasteiger partial charge in [-0.3, -0.25) is 4.98 Å². The van der Waals surface area contributed by atoms with Crippen LogP contribution in [0.25, 0.3) is 28.6 Å². The molecule has 0 amide bonds. The topological polar surface area (TPSA) is 37.5 Å². The van der Waals surface area contributed by atoms with Crippen molar-refractivity contribution in [1.82, 2.24) is 9.38 Å². The highest BCUT2D eigenvalue weighted by molar-refractivity contribution is 5.82. The largest absolute Gasteiger partial charge is 0.507 e. The number of aromatic nitrogens is 2. The van der Waals surface area contributed by atoms with Gasteiger partial charge < -0.3 is 9.51 Å². The van der Waals surface area contributed by atoms with Crippen molar-refractivity contribution in [2.45, 2.75) is 6.92 Å². The standard InChI is InChI=1S/C22H18N2O/c1-16-15-23-19(14-22(25)18-10-6-3-7-11-18)21-13-12-20(24(16)21)17-8-4-2-5-9-17/h2-15,25H,1H3/b22-14-. The van der Waals surface area contributed by atoms with Crippen molar-refractivity contribution in [3.05, 3.63) is 95.9 Å². The lowest BCUT2D eigenvalue weighted by atomic mass is 10.1. The first kappa shape index (κ1) is 15.2. The van der Waals surface area contributed by atoms with Crippen molar-refractivity contribution in [3.8, 4) is 11.3 Å². The second-order valence-corrected chi connectivity index (χ2v) is 5.99. The monoisotopic (exact) mass is 326 g/mol. The van der Waals surface area contributed by atoms with E-state index in [1.54, 1.807) is 6.08 Å². The minimum atomic E-state index is 0.210. The first-order chi connectivity index (χ1) is 12.2. The molecule has 2 aromatic heterocycles. The Morgan fingerprint density at radius 3 is 2.32 bits per heavy atom. The van der Waals surface area contributed by atoms with E-state index in [0.717, 1.165) is 33.7 Å². The Hall–Kier alpha value is -3.33. The molecule has 2 aromatic carbocycles. The number of hydrogen-bond donors (Lipinski definition) is 1. The Morgan fingerprint density at radius 1 is 0.920 bits per heavy atom. The molecule has 2 heterocycles. The molecule has 3 nitrogen and oxygen atoms in total. The Labute approximate surface area is 146 Å². The first-order valence-corrected chi connectivity index (χ1v) is 8.22. The molecule has 0 unspecified atom stereocenters. The molecule has 0 saturated carbocycles. The smallest absolute Gasteiger partial charge is 0.125 e. The molecule has 122 valence electrons. The van der Waals surface area contributed by atoms with Crippen LogP contribution in [0.4, 0.5) is 0 Å². The SMILES string of the molecule is Cc1cnc(/C=C(\O)c2ccccc2)c2ccc(-c3ccccc3)n12. The zero-order chi connectivity index (χ0) is 17.2. The summed E-state index contributed by atoms with van der Waals surface area (Å²) < 4.78 is 2.17. The summed E-state index contributed by atoms with van der Waals surface area (Å²) in [6.07, 6.45) is 3.56. The quantitative estimate of drug-likeness (QED) is 0.514. The maximum absolute atomic E-state index is 10.4. The van der Waals surface area contributed by atoms with Crippen LogP contribution in [0.5, 0.6) is 0 Å².